The van der Waals surface area contributed by atoms with Gasteiger partial charge in [0, 0.05) is 11.1 Å². The number of ether oxygens (including phenoxy) is 1. The Labute approximate surface area is 170 Å². The number of fused-ring (bicyclic) bond motifs is 1. The van der Waals surface area contributed by atoms with Gasteiger partial charge in [0.25, 0.3) is 11.6 Å². The molecular formula is C22H16FN3O4. The number of nitrogens with zero attached hydrogens (tertiary/aromatic N) is 2. The number of aromatic nitrogens is 2. The van der Waals surface area contributed by atoms with Gasteiger partial charge in [-0.3, -0.25) is 9.59 Å². The van der Waals surface area contributed by atoms with E-state index in [4.69, 9.17) is 4.52 Å². The number of pyridine rings is 1. The molecular weight excluding hydrogens is 389 g/mol. The van der Waals surface area contributed by atoms with Crippen LogP contribution in [0.3, 0.4) is 0 Å². The van der Waals surface area contributed by atoms with E-state index in [0.717, 1.165) is 5.56 Å². The molecule has 4 aromatic rings. The molecule has 0 bridgehead atoms. The van der Waals surface area contributed by atoms with E-state index < -0.39 is 17.7 Å². The molecule has 0 radical (unpaired) electrons. The van der Waals surface area contributed by atoms with Crippen LogP contribution in [0, 0.1) is 5.82 Å². The normalized spacial score (nSPS) is 10.7. The minimum Gasteiger partial charge on any atom is -0.468 e. The van der Waals surface area contributed by atoms with Gasteiger partial charge in [-0.1, -0.05) is 47.6 Å². The zero-order valence-electron chi connectivity index (χ0n) is 15.9. The summed E-state index contributed by atoms with van der Waals surface area (Å²) in [6.07, 6.45) is 0. The molecule has 8 heteroatoms. The summed E-state index contributed by atoms with van der Waals surface area (Å²) in [5, 5.41) is 6.94. The highest BCUT2D eigenvalue weighted by Crippen LogP contribution is 2.33. The molecule has 2 aromatic heterocycles. The third kappa shape index (κ3) is 3.62. The van der Waals surface area contributed by atoms with E-state index in [1.807, 2.05) is 30.3 Å². The summed E-state index contributed by atoms with van der Waals surface area (Å²) >= 11 is 0. The number of hydrogen-bond acceptors (Lipinski definition) is 6. The number of amides is 1. The summed E-state index contributed by atoms with van der Waals surface area (Å²) in [5.41, 5.74) is 1.79. The molecule has 0 saturated heterocycles. The molecule has 1 amide bonds. The largest absolute Gasteiger partial charge is 0.468 e. The molecule has 0 aliphatic carbocycles. The van der Waals surface area contributed by atoms with Gasteiger partial charge in [0.05, 0.1) is 23.8 Å². The molecule has 0 fully saturated rings. The van der Waals surface area contributed by atoms with Gasteiger partial charge in [-0.25, -0.2) is 9.37 Å². The lowest BCUT2D eigenvalue weighted by Crippen LogP contribution is -2.30. The lowest BCUT2D eigenvalue weighted by Gasteiger charge is -2.09. The van der Waals surface area contributed by atoms with Crippen LogP contribution in [0.25, 0.3) is 33.6 Å². The Morgan fingerprint density at radius 1 is 1.10 bits per heavy atom. The van der Waals surface area contributed by atoms with Crippen LogP contribution in [-0.4, -0.2) is 35.7 Å². The van der Waals surface area contributed by atoms with Crippen LogP contribution in [0.1, 0.15) is 10.4 Å². The predicted molar refractivity (Wildman–Crippen MR) is 107 cm³/mol. The highest BCUT2D eigenvalue weighted by Gasteiger charge is 2.23. The average molecular weight is 405 g/mol. The summed E-state index contributed by atoms with van der Waals surface area (Å²) < 4.78 is 24.3. The zero-order valence-corrected chi connectivity index (χ0v) is 15.9. The number of benzene rings is 2. The molecule has 0 aliphatic rings. The first-order valence-electron chi connectivity index (χ1n) is 9.04. The van der Waals surface area contributed by atoms with Crippen molar-refractivity contribution in [1.82, 2.24) is 15.5 Å². The Kier molecular flexibility index (Phi) is 5.21. The Bertz CT molecular complexity index is 1240. The van der Waals surface area contributed by atoms with Crippen LogP contribution in [0.4, 0.5) is 4.39 Å². The Hall–Kier alpha value is -4.07. The molecule has 0 atom stereocenters. The SMILES string of the molecule is COC(=O)CNC(=O)c1cc(-c2ccccc2F)nc2onc(-c3ccccc3)c12. The van der Waals surface area contributed by atoms with Crippen LogP contribution in [0.5, 0.6) is 0 Å². The minimum atomic E-state index is -0.600. The van der Waals surface area contributed by atoms with Crippen LogP contribution >= 0.6 is 0 Å². The summed E-state index contributed by atoms with van der Waals surface area (Å²) in [5.74, 6) is -1.66. The first-order chi connectivity index (χ1) is 14.6. The van der Waals surface area contributed by atoms with E-state index in [-0.39, 0.29) is 29.1 Å². The maximum absolute atomic E-state index is 14.3. The number of esters is 1. The monoisotopic (exact) mass is 405 g/mol. The maximum Gasteiger partial charge on any atom is 0.325 e. The molecule has 0 saturated carbocycles. The van der Waals surface area contributed by atoms with E-state index in [0.29, 0.717) is 11.1 Å². The number of carbonyl (C=O) groups is 2. The third-order valence-electron chi connectivity index (χ3n) is 4.51. The summed E-state index contributed by atoms with van der Waals surface area (Å²) in [7, 11) is 1.23. The van der Waals surface area contributed by atoms with Crippen molar-refractivity contribution in [1.29, 1.82) is 0 Å². The van der Waals surface area contributed by atoms with Gasteiger partial charge in [0.1, 0.15) is 18.1 Å². The Morgan fingerprint density at radius 2 is 1.83 bits per heavy atom. The Balaban J connectivity index is 1.89. The molecule has 150 valence electrons. The fraction of sp³-hybridized carbons (Fsp3) is 0.0909. The summed E-state index contributed by atoms with van der Waals surface area (Å²) in [6.45, 7) is -0.319. The quantitative estimate of drug-likeness (QED) is 0.510. The van der Waals surface area contributed by atoms with E-state index in [9.17, 15) is 14.0 Å². The second-order valence-electron chi connectivity index (χ2n) is 6.37. The topological polar surface area (TPSA) is 94.3 Å². The second kappa shape index (κ2) is 8.12. The molecule has 1 N–H and O–H groups in total. The Morgan fingerprint density at radius 3 is 2.57 bits per heavy atom. The number of carbonyl (C=O) groups excluding carboxylic acids is 2. The highest BCUT2D eigenvalue weighted by molar-refractivity contribution is 6.10. The van der Waals surface area contributed by atoms with Crippen molar-refractivity contribution in [3.8, 4) is 22.5 Å². The van der Waals surface area contributed by atoms with Crippen LogP contribution in [-0.2, 0) is 9.53 Å². The highest BCUT2D eigenvalue weighted by atomic mass is 19.1. The van der Waals surface area contributed by atoms with Gasteiger partial charge in [0.2, 0.25) is 0 Å². The van der Waals surface area contributed by atoms with Crippen molar-refractivity contribution >= 4 is 23.0 Å². The van der Waals surface area contributed by atoms with Gasteiger partial charge in [-0.2, -0.15) is 0 Å². The van der Waals surface area contributed by atoms with Gasteiger partial charge >= 0.3 is 5.97 Å². The van der Waals surface area contributed by atoms with Crippen LogP contribution in [0.2, 0.25) is 0 Å². The molecule has 0 unspecified atom stereocenters. The fourth-order valence-electron chi connectivity index (χ4n) is 3.05. The van der Waals surface area contributed by atoms with Crippen LogP contribution < -0.4 is 5.32 Å². The van der Waals surface area contributed by atoms with E-state index in [2.05, 4.69) is 20.2 Å². The number of nitrogens with one attached hydrogen (secondary N) is 1. The van der Waals surface area contributed by atoms with Crippen molar-refractivity contribution in [2.24, 2.45) is 0 Å². The third-order valence-corrected chi connectivity index (χ3v) is 4.51. The molecule has 0 spiro atoms. The molecule has 4 rings (SSSR count). The lowest BCUT2D eigenvalue weighted by atomic mass is 10.0. The van der Waals surface area contributed by atoms with Crippen molar-refractivity contribution in [2.75, 3.05) is 13.7 Å². The van der Waals surface area contributed by atoms with Crippen LogP contribution in [0.15, 0.2) is 65.2 Å². The lowest BCUT2D eigenvalue weighted by molar-refractivity contribution is -0.139. The van der Waals surface area contributed by atoms with Crippen molar-refractivity contribution in [3.63, 3.8) is 0 Å². The fourth-order valence-corrected chi connectivity index (χ4v) is 3.05. The zero-order chi connectivity index (χ0) is 21.1. The summed E-state index contributed by atoms with van der Waals surface area (Å²) in [6, 6.07) is 16.7. The minimum absolute atomic E-state index is 0.0813. The molecule has 30 heavy (non-hydrogen) atoms. The number of hydrogen-bond donors (Lipinski definition) is 1. The first kappa shape index (κ1) is 19.3. The van der Waals surface area contributed by atoms with Crippen molar-refractivity contribution in [2.45, 2.75) is 0 Å². The number of methoxy groups -OCH3 is 1. The van der Waals surface area contributed by atoms with Gasteiger partial charge in [-0.05, 0) is 18.2 Å². The molecule has 0 aliphatic heterocycles. The van der Waals surface area contributed by atoms with Gasteiger partial charge < -0.3 is 14.6 Å². The summed E-state index contributed by atoms with van der Waals surface area (Å²) in [4.78, 5) is 28.7. The molecule has 7 nitrogen and oxygen atoms in total. The van der Waals surface area contributed by atoms with E-state index in [1.165, 1.54) is 19.2 Å². The number of rotatable bonds is 5. The standard InChI is InChI=1S/C22H16FN3O4/c1-29-18(27)12-24-21(28)15-11-17(14-9-5-6-10-16(14)23)25-22-19(15)20(26-30-22)13-7-3-2-4-8-13/h2-11H,12H2,1H3,(H,24,28). The second-order valence-corrected chi connectivity index (χ2v) is 6.37. The van der Waals surface area contributed by atoms with Gasteiger partial charge in [-0.15, -0.1) is 0 Å². The predicted octanol–water partition coefficient (Wildman–Crippen LogP) is 3.60. The molecule has 2 aromatic carbocycles. The van der Waals surface area contributed by atoms with Crippen molar-refractivity contribution < 1.29 is 23.2 Å². The smallest absolute Gasteiger partial charge is 0.325 e. The van der Waals surface area contributed by atoms with Gasteiger partial charge in [0.15, 0.2) is 0 Å². The van der Waals surface area contributed by atoms with Crippen molar-refractivity contribution in [3.05, 3.63) is 72.0 Å². The average Bonchev–Trinajstić information content (AvgIpc) is 3.21. The van der Waals surface area contributed by atoms with E-state index >= 15 is 0 Å². The molecule has 2 heterocycles. The van der Waals surface area contributed by atoms with E-state index in [1.54, 1.807) is 18.2 Å². The first-order valence-corrected chi connectivity index (χ1v) is 9.04. The number of halogens is 1. The maximum atomic E-state index is 14.3.